The lowest BCUT2D eigenvalue weighted by Gasteiger charge is -2.05. The van der Waals surface area contributed by atoms with Gasteiger partial charge in [0.15, 0.2) is 5.75 Å². The zero-order valence-electron chi connectivity index (χ0n) is 12.4. The molecule has 0 unspecified atom stereocenters. The summed E-state index contributed by atoms with van der Waals surface area (Å²) in [5, 5.41) is 18.2. The number of azo groups is 1. The van der Waals surface area contributed by atoms with Crippen LogP contribution in [-0.4, -0.2) is 5.11 Å². The number of hydrogen-bond donors (Lipinski definition) is 1. The highest BCUT2D eigenvalue weighted by atomic mass is 79.9. The van der Waals surface area contributed by atoms with E-state index in [4.69, 9.17) is 4.74 Å². The second-order valence-electron chi connectivity index (χ2n) is 4.86. The lowest BCUT2D eigenvalue weighted by atomic mass is 10.3. The van der Waals surface area contributed by atoms with Gasteiger partial charge in [0, 0.05) is 4.47 Å². The first kappa shape index (κ1) is 16.7. The summed E-state index contributed by atoms with van der Waals surface area (Å²) in [7, 11) is 0. The molecule has 0 atom stereocenters. The molecule has 0 aliphatic rings. The molecule has 0 spiro atoms. The second-order valence-corrected chi connectivity index (χ2v) is 6.63. The van der Waals surface area contributed by atoms with Crippen molar-refractivity contribution >= 4 is 43.2 Å². The average molecular weight is 448 g/mol. The molecular weight excluding hydrogens is 436 g/mol. The Morgan fingerprint density at radius 3 is 2.17 bits per heavy atom. The SMILES string of the molecule is Oc1c(Br)cc(Br)cc1N=Nc1ccc(Oc2ccccc2)cc1. The summed E-state index contributed by atoms with van der Waals surface area (Å²) in [6, 6.07) is 20.2. The molecule has 0 aromatic heterocycles. The molecule has 1 N–H and O–H groups in total. The molecule has 0 aliphatic carbocycles. The summed E-state index contributed by atoms with van der Waals surface area (Å²) < 4.78 is 7.07. The number of phenols is 1. The molecule has 3 rings (SSSR count). The largest absolute Gasteiger partial charge is 0.505 e. The quantitative estimate of drug-likeness (QED) is 0.432. The number of halogens is 2. The monoisotopic (exact) mass is 446 g/mol. The minimum Gasteiger partial charge on any atom is -0.505 e. The van der Waals surface area contributed by atoms with E-state index in [0.29, 0.717) is 21.6 Å². The van der Waals surface area contributed by atoms with Crippen LogP contribution in [0.5, 0.6) is 17.2 Å². The molecule has 3 aromatic carbocycles. The van der Waals surface area contributed by atoms with Gasteiger partial charge in [-0.2, -0.15) is 5.11 Å². The minimum absolute atomic E-state index is 0.0472. The van der Waals surface area contributed by atoms with E-state index in [2.05, 4.69) is 42.1 Å². The standard InChI is InChI=1S/C18H12Br2N2O2/c19-12-10-16(20)18(23)17(11-12)22-21-13-6-8-15(9-7-13)24-14-4-2-1-3-5-14/h1-11,23H. The zero-order chi connectivity index (χ0) is 16.9. The zero-order valence-corrected chi connectivity index (χ0v) is 15.5. The Morgan fingerprint density at radius 2 is 1.46 bits per heavy atom. The van der Waals surface area contributed by atoms with Gasteiger partial charge in [0.1, 0.15) is 17.2 Å². The Bertz CT molecular complexity index is 866. The van der Waals surface area contributed by atoms with E-state index in [0.717, 1.165) is 10.2 Å². The molecule has 0 aliphatic heterocycles. The summed E-state index contributed by atoms with van der Waals surface area (Å²) >= 11 is 6.62. The fraction of sp³-hybridized carbons (Fsp3) is 0. The molecule has 0 amide bonds. The van der Waals surface area contributed by atoms with Crippen LogP contribution in [0.1, 0.15) is 0 Å². The van der Waals surface area contributed by atoms with Crippen LogP contribution in [0.15, 0.2) is 85.9 Å². The highest BCUT2D eigenvalue weighted by molar-refractivity contribution is 9.11. The summed E-state index contributed by atoms with van der Waals surface area (Å²) in [4.78, 5) is 0. The normalized spacial score (nSPS) is 10.9. The van der Waals surface area contributed by atoms with Crippen molar-refractivity contribution in [1.29, 1.82) is 0 Å². The second kappa shape index (κ2) is 7.59. The Kier molecular flexibility index (Phi) is 5.27. The third kappa shape index (κ3) is 4.21. The Hall–Kier alpha value is -2.18. The first-order chi connectivity index (χ1) is 11.6. The van der Waals surface area contributed by atoms with Gasteiger partial charge >= 0.3 is 0 Å². The number of phenolic OH excluding ortho intramolecular Hbond substituents is 1. The van der Waals surface area contributed by atoms with Gasteiger partial charge in [-0.3, -0.25) is 0 Å². The van der Waals surface area contributed by atoms with Crippen LogP contribution in [0.3, 0.4) is 0 Å². The Labute approximate surface area is 156 Å². The van der Waals surface area contributed by atoms with Crippen molar-refractivity contribution in [1.82, 2.24) is 0 Å². The summed E-state index contributed by atoms with van der Waals surface area (Å²) in [5.41, 5.74) is 1.03. The van der Waals surface area contributed by atoms with Crippen LogP contribution in [0.2, 0.25) is 0 Å². The van der Waals surface area contributed by atoms with Crippen LogP contribution >= 0.6 is 31.9 Å². The number of aromatic hydroxyl groups is 1. The molecule has 120 valence electrons. The lowest BCUT2D eigenvalue weighted by Crippen LogP contribution is -1.82. The highest BCUT2D eigenvalue weighted by Crippen LogP contribution is 2.38. The van der Waals surface area contributed by atoms with Crippen molar-refractivity contribution < 1.29 is 9.84 Å². The van der Waals surface area contributed by atoms with E-state index in [1.807, 2.05) is 42.5 Å². The molecule has 0 saturated carbocycles. The molecule has 6 heteroatoms. The molecule has 24 heavy (non-hydrogen) atoms. The van der Waals surface area contributed by atoms with E-state index in [1.165, 1.54) is 0 Å². The van der Waals surface area contributed by atoms with Crippen LogP contribution in [-0.2, 0) is 0 Å². The van der Waals surface area contributed by atoms with Gasteiger partial charge in [0.05, 0.1) is 10.2 Å². The average Bonchev–Trinajstić information content (AvgIpc) is 2.59. The van der Waals surface area contributed by atoms with Crippen molar-refractivity contribution in [3.05, 3.63) is 75.7 Å². The van der Waals surface area contributed by atoms with Gasteiger partial charge in [0.25, 0.3) is 0 Å². The number of benzene rings is 3. The number of rotatable bonds is 4. The summed E-state index contributed by atoms with van der Waals surface area (Å²) in [5.74, 6) is 1.54. The predicted octanol–water partition coefficient (Wildman–Crippen LogP) is 7.12. The van der Waals surface area contributed by atoms with E-state index in [9.17, 15) is 5.11 Å². The van der Waals surface area contributed by atoms with Crippen molar-refractivity contribution in [3.63, 3.8) is 0 Å². The van der Waals surface area contributed by atoms with E-state index < -0.39 is 0 Å². The third-order valence-electron chi connectivity index (χ3n) is 3.10. The number of hydrogen-bond acceptors (Lipinski definition) is 4. The predicted molar refractivity (Wildman–Crippen MR) is 101 cm³/mol. The minimum atomic E-state index is 0.0472. The fourth-order valence-electron chi connectivity index (χ4n) is 1.95. The Morgan fingerprint density at radius 1 is 0.792 bits per heavy atom. The smallest absolute Gasteiger partial charge is 0.157 e. The van der Waals surface area contributed by atoms with Crippen LogP contribution < -0.4 is 4.74 Å². The number of nitrogens with zero attached hydrogens (tertiary/aromatic N) is 2. The van der Waals surface area contributed by atoms with Gasteiger partial charge in [-0.15, -0.1) is 5.11 Å². The third-order valence-corrected chi connectivity index (χ3v) is 4.16. The highest BCUT2D eigenvalue weighted by Gasteiger charge is 2.06. The fourth-order valence-corrected chi connectivity index (χ4v) is 3.15. The van der Waals surface area contributed by atoms with Gasteiger partial charge in [0.2, 0.25) is 0 Å². The van der Waals surface area contributed by atoms with Crippen LogP contribution in [0.4, 0.5) is 11.4 Å². The van der Waals surface area contributed by atoms with Gasteiger partial charge in [-0.25, -0.2) is 0 Å². The van der Waals surface area contributed by atoms with Crippen molar-refractivity contribution in [2.24, 2.45) is 10.2 Å². The maximum absolute atomic E-state index is 9.97. The van der Waals surface area contributed by atoms with E-state index >= 15 is 0 Å². The molecule has 4 nitrogen and oxygen atoms in total. The maximum atomic E-state index is 9.97. The number of ether oxygens (including phenoxy) is 1. The van der Waals surface area contributed by atoms with Gasteiger partial charge in [-0.05, 0) is 64.5 Å². The van der Waals surface area contributed by atoms with Crippen molar-refractivity contribution in [2.45, 2.75) is 0 Å². The molecule has 0 saturated heterocycles. The van der Waals surface area contributed by atoms with Crippen LogP contribution in [0.25, 0.3) is 0 Å². The first-order valence-corrected chi connectivity index (χ1v) is 8.63. The molecule has 0 bridgehead atoms. The molecular formula is C18H12Br2N2O2. The molecule has 3 aromatic rings. The molecule has 0 radical (unpaired) electrons. The molecule has 0 fully saturated rings. The van der Waals surface area contributed by atoms with Crippen LogP contribution in [0, 0.1) is 0 Å². The lowest BCUT2D eigenvalue weighted by molar-refractivity contribution is 0.473. The first-order valence-electron chi connectivity index (χ1n) is 7.04. The van der Waals surface area contributed by atoms with Gasteiger partial charge < -0.3 is 9.84 Å². The van der Waals surface area contributed by atoms with E-state index in [1.54, 1.807) is 24.3 Å². The summed E-state index contributed by atoms with van der Waals surface area (Å²) in [6.07, 6.45) is 0. The topological polar surface area (TPSA) is 54.2 Å². The van der Waals surface area contributed by atoms with E-state index in [-0.39, 0.29) is 5.75 Å². The van der Waals surface area contributed by atoms with Crippen molar-refractivity contribution in [2.75, 3.05) is 0 Å². The Balaban J connectivity index is 1.75. The summed E-state index contributed by atoms with van der Waals surface area (Å²) in [6.45, 7) is 0. The number of para-hydroxylation sites is 1. The van der Waals surface area contributed by atoms with Gasteiger partial charge in [-0.1, -0.05) is 34.1 Å². The van der Waals surface area contributed by atoms with Crippen molar-refractivity contribution in [3.8, 4) is 17.2 Å². The maximum Gasteiger partial charge on any atom is 0.157 e. The molecule has 0 heterocycles.